The summed E-state index contributed by atoms with van der Waals surface area (Å²) in [5.41, 5.74) is 6.45. The van der Waals surface area contributed by atoms with Crippen molar-refractivity contribution >= 4 is 11.5 Å². The standard InChI is InChI=1S/C14H22N4/c1-4-11(5-2)10-18(6-3)14-8-7-12(16)13(9-15)17-14/h7-8,11H,4-6,10,16H2,1-3H3. The average molecular weight is 246 g/mol. The van der Waals surface area contributed by atoms with E-state index in [2.05, 4.69) is 30.7 Å². The van der Waals surface area contributed by atoms with Crippen molar-refractivity contribution < 1.29 is 0 Å². The molecule has 1 aromatic heterocycles. The zero-order valence-electron chi connectivity index (χ0n) is 11.5. The molecule has 1 heterocycles. The quantitative estimate of drug-likeness (QED) is 0.838. The second kappa shape index (κ2) is 6.85. The fourth-order valence-corrected chi connectivity index (χ4v) is 1.97. The van der Waals surface area contributed by atoms with Gasteiger partial charge in [-0.3, -0.25) is 0 Å². The molecule has 2 N–H and O–H groups in total. The molecule has 0 amide bonds. The summed E-state index contributed by atoms with van der Waals surface area (Å²) in [5.74, 6) is 1.50. The predicted octanol–water partition coefficient (Wildman–Crippen LogP) is 2.80. The second-order valence-electron chi connectivity index (χ2n) is 4.44. The van der Waals surface area contributed by atoms with Gasteiger partial charge in [-0.15, -0.1) is 0 Å². The monoisotopic (exact) mass is 246 g/mol. The largest absolute Gasteiger partial charge is 0.396 e. The minimum Gasteiger partial charge on any atom is -0.396 e. The first-order valence-corrected chi connectivity index (χ1v) is 6.57. The molecular formula is C14H22N4. The molecule has 0 atom stereocenters. The number of hydrogen-bond donors (Lipinski definition) is 1. The number of nitrogen functional groups attached to an aromatic ring is 1. The van der Waals surface area contributed by atoms with Gasteiger partial charge in [-0.2, -0.15) is 5.26 Å². The molecule has 4 nitrogen and oxygen atoms in total. The van der Waals surface area contributed by atoms with Gasteiger partial charge >= 0.3 is 0 Å². The number of nitriles is 1. The van der Waals surface area contributed by atoms with Gasteiger partial charge in [0.2, 0.25) is 0 Å². The number of nitrogens with two attached hydrogens (primary N) is 1. The zero-order valence-corrected chi connectivity index (χ0v) is 11.5. The van der Waals surface area contributed by atoms with Crippen molar-refractivity contribution in [1.29, 1.82) is 5.26 Å². The van der Waals surface area contributed by atoms with Crippen LogP contribution >= 0.6 is 0 Å². The van der Waals surface area contributed by atoms with Gasteiger partial charge in [-0.05, 0) is 25.0 Å². The third-order valence-corrected chi connectivity index (χ3v) is 3.36. The van der Waals surface area contributed by atoms with Gasteiger partial charge in [-0.25, -0.2) is 4.98 Å². The molecule has 0 aliphatic heterocycles. The van der Waals surface area contributed by atoms with Crippen LogP contribution in [0.5, 0.6) is 0 Å². The summed E-state index contributed by atoms with van der Waals surface area (Å²) in [7, 11) is 0. The summed E-state index contributed by atoms with van der Waals surface area (Å²) in [4.78, 5) is 6.53. The van der Waals surface area contributed by atoms with Crippen LogP contribution in [0.25, 0.3) is 0 Å². The minimum atomic E-state index is 0.315. The van der Waals surface area contributed by atoms with E-state index in [1.165, 1.54) is 0 Å². The first kappa shape index (κ1) is 14.3. The summed E-state index contributed by atoms with van der Waals surface area (Å²) in [5, 5.41) is 8.96. The molecule has 0 radical (unpaired) electrons. The Balaban J connectivity index is 2.92. The highest BCUT2D eigenvalue weighted by Gasteiger charge is 2.13. The highest BCUT2D eigenvalue weighted by Crippen LogP contribution is 2.19. The smallest absolute Gasteiger partial charge is 0.165 e. The van der Waals surface area contributed by atoms with Gasteiger partial charge in [0.05, 0.1) is 5.69 Å². The third kappa shape index (κ3) is 3.36. The van der Waals surface area contributed by atoms with Crippen LogP contribution in [0.4, 0.5) is 11.5 Å². The maximum atomic E-state index is 8.96. The van der Waals surface area contributed by atoms with Crippen molar-refractivity contribution in [2.75, 3.05) is 23.7 Å². The zero-order chi connectivity index (χ0) is 13.5. The van der Waals surface area contributed by atoms with Gasteiger partial charge in [0, 0.05) is 13.1 Å². The third-order valence-electron chi connectivity index (χ3n) is 3.36. The summed E-state index contributed by atoms with van der Waals surface area (Å²) >= 11 is 0. The van der Waals surface area contributed by atoms with E-state index < -0.39 is 0 Å². The highest BCUT2D eigenvalue weighted by atomic mass is 15.2. The predicted molar refractivity (Wildman–Crippen MR) is 75.3 cm³/mol. The van der Waals surface area contributed by atoms with Gasteiger partial charge in [-0.1, -0.05) is 26.7 Å². The molecule has 4 heteroatoms. The topological polar surface area (TPSA) is 65.9 Å². The molecule has 0 saturated carbocycles. The van der Waals surface area contributed by atoms with E-state index in [4.69, 9.17) is 11.0 Å². The van der Waals surface area contributed by atoms with Crippen LogP contribution in [0.3, 0.4) is 0 Å². The van der Waals surface area contributed by atoms with Crippen LogP contribution in [-0.4, -0.2) is 18.1 Å². The molecule has 0 fully saturated rings. The van der Waals surface area contributed by atoms with Crippen molar-refractivity contribution in [2.24, 2.45) is 5.92 Å². The van der Waals surface area contributed by atoms with Gasteiger partial charge in [0.1, 0.15) is 11.9 Å². The Labute approximate surface area is 109 Å². The van der Waals surface area contributed by atoms with E-state index in [0.29, 0.717) is 17.3 Å². The number of rotatable bonds is 6. The summed E-state index contributed by atoms with van der Waals surface area (Å²) < 4.78 is 0. The lowest BCUT2D eigenvalue weighted by molar-refractivity contribution is 0.484. The van der Waals surface area contributed by atoms with Crippen molar-refractivity contribution in [3.63, 3.8) is 0 Å². The molecule has 0 aliphatic rings. The molecular weight excluding hydrogens is 224 g/mol. The lowest BCUT2D eigenvalue weighted by Crippen LogP contribution is -2.29. The van der Waals surface area contributed by atoms with E-state index >= 15 is 0 Å². The first-order chi connectivity index (χ1) is 8.65. The van der Waals surface area contributed by atoms with E-state index in [1.54, 1.807) is 6.07 Å². The molecule has 0 unspecified atom stereocenters. The van der Waals surface area contributed by atoms with Crippen LogP contribution in [0.15, 0.2) is 12.1 Å². The maximum absolute atomic E-state index is 8.96. The maximum Gasteiger partial charge on any atom is 0.165 e. The van der Waals surface area contributed by atoms with Crippen molar-refractivity contribution in [2.45, 2.75) is 33.6 Å². The number of aromatic nitrogens is 1. The van der Waals surface area contributed by atoms with Crippen LogP contribution in [0, 0.1) is 17.2 Å². The van der Waals surface area contributed by atoms with E-state index in [1.807, 2.05) is 12.1 Å². The van der Waals surface area contributed by atoms with Crippen LogP contribution in [0.2, 0.25) is 0 Å². The normalized spacial score (nSPS) is 10.4. The lowest BCUT2D eigenvalue weighted by atomic mass is 10.0. The van der Waals surface area contributed by atoms with Crippen molar-refractivity contribution in [1.82, 2.24) is 4.98 Å². The molecule has 0 bridgehead atoms. The Bertz CT molecular complexity index is 418. The van der Waals surface area contributed by atoms with Crippen LogP contribution in [-0.2, 0) is 0 Å². The Hall–Kier alpha value is -1.76. The average Bonchev–Trinajstić information content (AvgIpc) is 2.41. The fraction of sp³-hybridized carbons (Fsp3) is 0.571. The summed E-state index contributed by atoms with van der Waals surface area (Å²) in [6, 6.07) is 5.68. The molecule has 0 aliphatic carbocycles. The minimum absolute atomic E-state index is 0.315. The molecule has 1 aromatic rings. The molecule has 1 rings (SSSR count). The first-order valence-electron chi connectivity index (χ1n) is 6.57. The molecule has 0 spiro atoms. The number of hydrogen-bond acceptors (Lipinski definition) is 4. The van der Waals surface area contributed by atoms with Crippen LogP contribution < -0.4 is 10.6 Å². The molecule has 0 saturated heterocycles. The highest BCUT2D eigenvalue weighted by molar-refractivity contribution is 5.55. The fourth-order valence-electron chi connectivity index (χ4n) is 1.97. The Kier molecular flexibility index (Phi) is 5.44. The van der Waals surface area contributed by atoms with Crippen molar-refractivity contribution in [3.05, 3.63) is 17.8 Å². The number of anilines is 2. The summed E-state index contributed by atoms with van der Waals surface area (Å²) in [6.07, 6.45) is 2.32. The number of nitrogens with zero attached hydrogens (tertiary/aromatic N) is 3. The van der Waals surface area contributed by atoms with E-state index in [0.717, 1.165) is 31.7 Å². The molecule has 98 valence electrons. The Morgan fingerprint density at radius 1 is 1.33 bits per heavy atom. The van der Waals surface area contributed by atoms with Gasteiger partial charge in [0.25, 0.3) is 0 Å². The Morgan fingerprint density at radius 3 is 2.50 bits per heavy atom. The van der Waals surface area contributed by atoms with Gasteiger partial charge < -0.3 is 10.6 Å². The SMILES string of the molecule is CCC(CC)CN(CC)c1ccc(N)c(C#N)n1. The lowest BCUT2D eigenvalue weighted by Gasteiger charge is -2.26. The van der Waals surface area contributed by atoms with Gasteiger partial charge in [0.15, 0.2) is 5.69 Å². The van der Waals surface area contributed by atoms with E-state index in [-0.39, 0.29) is 0 Å². The molecule has 0 aromatic carbocycles. The second-order valence-corrected chi connectivity index (χ2v) is 4.44. The number of pyridine rings is 1. The summed E-state index contributed by atoms with van der Waals surface area (Å²) in [6.45, 7) is 8.38. The Morgan fingerprint density at radius 2 is 2.00 bits per heavy atom. The molecule has 18 heavy (non-hydrogen) atoms. The van der Waals surface area contributed by atoms with Crippen molar-refractivity contribution in [3.8, 4) is 6.07 Å². The van der Waals surface area contributed by atoms with Crippen LogP contribution in [0.1, 0.15) is 39.3 Å². The van der Waals surface area contributed by atoms with E-state index in [9.17, 15) is 0 Å².